The summed E-state index contributed by atoms with van der Waals surface area (Å²) in [5.41, 5.74) is 0. The summed E-state index contributed by atoms with van der Waals surface area (Å²) in [6.45, 7) is 8.31. The lowest BCUT2D eigenvalue weighted by Gasteiger charge is -2.23. The van der Waals surface area contributed by atoms with Gasteiger partial charge in [-0.15, -0.1) is 0 Å². The Labute approximate surface area is 74.9 Å². The number of nitrogens with zero attached hydrogens (tertiary/aromatic N) is 1. The van der Waals surface area contributed by atoms with Gasteiger partial charge in [0.05, 0.1) is 6.04 Å². The predicted molar refractivity (Wildman–Crippen MR) is 50.1 cm³/mol. The Morgan fingerprint density at radius 2 is 2.25 bits per heavy atom. The van der Waals surface area contributed by atoms with Crippen LogP contribution in [0.2, 0.25) is 0 Å². The highest BCUT2D eigenvalue weighted by Crippen LogP contribution is 2.18. The third-order valence-electron chi connectivity index (χ3n) is 2.43. The van der Waals surface area contributed by atoms with Gasteiger partial charge in [-0.1, -0.05) is 13.8 Å². The zero-order chi connectivity index (χ0) is 9.14. The largest absolute Gasteiger partial charge is 0.298 e. The molecule has 1 fully saturated rings. The first-order chi connectivity index (χ1) is 5.61. The molecule has 1 aliphatic rings. The van der Waals surface area contributed by atoms with E-state index in [2.05, 4.69) is 18.7 Å². The van der Waals surface area contributed by atoms with E-state index in [-0.39, 0.29) is 6.04 Å². The third-order valence-corrected chi connectivity index (χ3v) is 2.43. The van der Waals surface area contributed by atoms with Gasteiger partial charge in [0.15, 0.2) is 0 Å². The molecule has 0 aliphatic carbocycles. The van der Waals surface area contributed by atoms with Crippen molar-refractivity contribution in [3.05, 3.63) is 0 Å². The first-order valence-corrected chi connectivity index (χ1v) is 4.85. The van der Waals surface area contributed by atoms with Gasteiger partial charge in [-0.05, 0) is 32.2 Å². The van der Waals surface area contributed by atoms with Crippen LogP contribution in [0.4, 0.5) is 0 Å². The molecule has 0 aromatic heterocycles. The van der Waals surface area contributed by atoms with Gasteiger partial charge >= 0.3 is 0 Å². The first-order valence-electron chi connectivity index (χ1n) is 4.85. The van der Waals surface area contributed by atoms with E-state index in [0.29, 0.717) is 11.7 Å². The zero-order valence-electron chi connectivity index (χ0n) is 8.34. The van der Waals surface area contributed by atoms with Crippen LogP contribution in [0.5, 0.6) is 0 Å². The maximum atomic E-state index is 11.2. The lowest BCUT2D eigenvalue weighted by Crippen LogP contribution is -2.37. The first kappa shape index (κ1) is 9.72. The van der Waals surface area contributed by atoms with Gasteiger partial charge in [0.1, 0.15) is 5.78 Å². The molecule has 0 N–H and O–H groups in total. The van der Waals surface area contributed by atoms with Gasteiger partial charge < -0.3 is 0 Å². The van der Waals surface area contributed by atoms with Crippen LogP contribution in [0.3, 0.4) is 0 Å². The molecular weight excluding hydrogens is 150 g/mol. The van der Waals surface area contributed by atoms with Crippen molar-refractivity contribution in [2.24, 2.45) is 5.92 Å². The molecule has 0 radical (unpaired) electrons. The normalized spacial score (nSPS) is 25.2. The zero-order valence-corrected chi connectivity index (χ0v) is 8.34. The average Bonchev–Trinajstić information content (AvgIpc) is 2.33. The number of Topliss-reactive ketones (excluding diaryl/α,β-unsaturated/α-hetero) is 1. The van der Waals surface area contributed by atoms with E-state index in [9.17, 15) is 4.79 Å². The summed E-state index contributed by atoms with van der Waals surface area (Å²) < 4.78 is 0. The minimum Gasteiger partial charge on any atom is -0.298 e. The quantitative estimate of drug-likeness (QED) is 0.641. The smallest absolute Gasteiger partial charge is 0.146 e. The summed E-state index contributed by atoms with van der Waals surface area (Å²) in [6, 6.07) is 0.229. The molecule has 1 heterocycles. The van der Waals surface area contributed by atoms with Crippen LogP contribution in [-0.2, 0) is 4.79 Å². The second-order valence-corrected chi connectivity index (χ2v) is 4.16. The van der Waals surface area contributed by atoms with Crippen molar-refractivity contribution in [2.45, 2.75) is 39.7 Å². The van der Waals surface area contributed by atoms with Gasteiger partial charge in [0, 0.05) is 6.54 Å². The standard InChI is InChI=1S/C10H19NO/c1-8(2)7-11-6-4-5-10(11)9(3)12/h8,10H,4-7H2,1-3H3/t10-/m0/s1. The minimum absolute atomic E-state index is 0.229. The monoisotopic (exact) mass is 169 g/mol. The van der Waals surface area contributed by atoms with E-state index in [4.69, 9.17) is 0 Å². The highest BCUT2D eigenvalue weighted by Gasteiger charge is 2.27. The van der Waals surface area contributed by atoms with Crippen LogP contribution < -0.4 is 0 Å². The SMILES string of the molecule is CC(=O)[C@@H]1CCCN1CC(C)C. The van der Waals surface area contributed by atoms with Gasteiger partial charge in [-0.25, -0.2) is 0 Å². The van der Waals surface area contributed by atoms with E-state index in [1.165, 1.54) is 6.42 Å². The summed E-state index contributed by atoms with van der Waals surface area (Å²) in [6.07, 6.45) is 2.26. The Morgan fingerprint density at radius 3 is 2.75 bits per heavy atom. The van der Waals surface area contributed by atoms with Crippen LogP contribution in [0.15, 0.2) is 0 Å². The number of rotatable bonds is 3. The molecule has 0 amide bonds. The van der Waals surface area contributed by atoms with E-state index in [1.54, 1.807) is 6.92 Å². The summed E-state index contributed by atoms with van der Waals surface area (Å²) >= 11 is 0. The van der Waals surface area contributed by atoms with Crippen LogP contribution >= 0.6 is 0 Å². The van der Waals surface area contributed by atoms with Crippen molar-refractivity contribution in [1.82, 2.24) is 4.90 Å². The van der Waals surface area contributed by atoms with Crippen LogP contribution in [-0.4, -0.2) is 29.8 Å². The van der Waals surface area contributed by atoms with Crippen LogP contribution in [0, 0.1) is 5.92 Å². The highest BCUT2D eigenvalue weighted by atomic mass is 16.1. The highest BCUT2D eigenvalue weighted by molar-refractivity contribution is 5.81. The number of carbonyl (C=O) groups excluding carboxylic acids is 1. The summed E-state index contributed by atoms with van der Waals surface area (Å²) in [4.78, 5) is 13.5. The number of hydrogen-bond donors (Lipinski definition) is 0. The Balaban J connectivity index is 2.46. The summed E-state index contributed by atoms with van der Waals surface area (Å²) in [7, 11) is 0. The second kappa shape index (κ2) is 4.04. The molecule has 0 bridgehead atoms. The summed E-state index contributed by atoms with van der Waals surface area (Å²) in [5, 5.41) is 0. The van der Waals surface area contributed by atoms with Gasteiger partial charge in [0.25, 0.3) is 0 Å². The molecule has 0 unspecified atom stereocenters. The lowest BCUT2D eigenvalue weighted by atomic mass is 10.1. The molecule has 2 heteroatoms. The van der Waals surface area contributed by atoms with E-state index in [1.807, 2.05) is 0 Å². The van der Waals surface area contributed by atoms with Crippen LogP contribution in [0.25, 0.3) is 0 Å². The van der Waals surface area contributed by atoms with Gasteiger partial charge in [-0.3, -0.25) is 9.69 Å². The van der Waals surface area contributed by atoms with Crippen molar-refractivity contribution in [3.8, 4) is 0 Å². The fourth-order valence-electron chi connectivity index (χ4n) is 1.97. The Bertz CT molecular complexity index is 165. The van der Waals surface area contributed by atoms with Crippen molar-refractivity contribution in [1.29, 1.82) is 0 Å². The number of ketones is 1. The molecule has 1 atom stereocenters. The summed E-state index contributed by atoms with van der Waals surface area (Å²) in [5.74, 6) is 1.01. The molecule has 1 aliphatic heterocycles. The van der Waals surface area contributed by atoms with Crippen molar-refractivity contribution in [3.63, 3.8) is 0 Å². The topological polar surface area (TPSA) is 20.3 Å². The minimum atomic E-state index is 0.229. The molecule has 0 saturated carbocycles. The molecule has 1 rings (SSSR count). The van der Waals surface area contributed by atoms with Crippen LogP contribution in [0.1, 0.15) is 33.6 Å². The fraction of sp³-hybridized carbons (Fsp3) is 0.900. The maximum absolute atomic E-state index is 11.2. The van der Waals surface area contributed by atoms with Gasteiger partial charge in [-0.2, -0.15) is 0 Å². The maximum Gasteiger partial charge on any atom is 0.146 e. The molecule has 1 saturated heterocycles. The third kappa shape index (κ3) is 2.31. The average molecular weight is 169 g/mol. The van der Waals surface area contributed by atoms with Crippen molar-refractivity contribution in [2.75, 3.05) is 13.1 Å². The Morgan fingerprint density at radius 1 is 1.58 bits per heavy atom. The molecular formula is C10H19NO. The lowest BCUT2D eigenvalue weighted by molar-refractivity contribution is -0.121. The molecule has 2 nitrogen and oxygen atoms in total. The fourth-order valence-corrected chi connectivity index (χ4v) is 1.97. The van der Waals surface area contributed by atoms with Crippen molar-refractivity contribution < 1.29 is 4.79 Å². The molecule has 12 heavy (non-hydrogen) atoms. The molecule has 70 valence electrons. The molecule has 0 aromatic rings. The second-order valence-electron chi connectivity index (χ2n) is 4.16. The van der Waals surface area contributed by atoms with E-state index < -0.39 is 0 Å². The Hall–Kier alpha value is -0.370. The molecule has 0 aromatic carbocycles. The van der Waals surface area contributed by atoms with E-state index >= 15 is 0 Å². The number of hydrogen-bond acceptors (Lipinski definition) is 2. The Kier molecular flexibility index (Phi) is 3.27. The number of likely N-dealkylation sites (tertiary alicyclic amines) is 1. The molecule has 0 spiro atoms. The predicted octanol–water partition coefficient (Wildman–Crippen LogP) is 1.70. The van der Waals surface area contributed by atoms with E-state index in [0.717, 1.165) is 19.5 Å². The van der Waals surface area contributed by atoms with Crippen molar-refractivity contribution >= 4 is 5.78 Å². The number of carbonyl (C=O) groups is 1. The van der Waals surface area contributed by atoms with Gasteiger partial charge in [0.2, 0.25) is 0 Å².